The van der Waals surface area contributed by atoms with Crippen molar-refractivity contribution in [1.29, 1.82) is 0 Å². The number of rotatable bonds is 7. The Labute approximate surface area is 202 Å². The highest BCUT2D eigenvalue weighted by Gasteiger charge is 2.16. The van der Waals surface area contributed by atoms with Crippen LogP contribution in [0.2, 0.25) is 0 Å². The smallest absolute Gasteiger partial charge is 0.227 e. The second-order valence-electron chi connectivity index (χ2n) is 9.27. The molecule has 0 atom stereocenters. The number of benzene rings is 3. The summed E-state index contributed by atoms with van der Waals surface area (Å²) >= 11 is 0. The van der Waals surface area contributed by atoms with Gasteiger partial charge in [0.15, 0.2) is 11.4 Å². The standard InChI is InChI=1S/C27H26FN5O2/c1-27(2,34)15-29-14-17-7-10-24-23(11-17)31-26(35-24)19-6-4-5-18(12-19)21-9-8-20(28)13-22(21)25-32-30-16-33(25)3/h4-13,16,29,34H,14-15H2,1-3H3. The van der Waals surface area contributed by atoms with Crippen molar-refractivity contribution in [2.24, 2.45) is 7.05 Å². The lowest BCUT2D eigenvalue weighted by Gasteiger charge is -2.17. The van der Waals surface area contributed by atoms with Gasteiger partial charge in [0, 0.05) is 31.3 Å². The molecule has 0 amide bonds. The molecule has 0 saturated heterocycles. The highest BCUT2D eigenvalue weighted by molar-refractivity contribution is 5.83. The molecule has 0 fully saturated rings. The van der Waals surface area contributed by atoms with E-state index in [9.17, 15) is 9.50 Å². The summed E-state index contributed by atoms with van der Waals surface area (Å²) in [7, 11) is 1.83. The topological polar surface area (TPSA) is 89.0 Å². The summed E-state index contributed by atoms with van der Waals surface area (Å²) in [5, 5.41) is 21.2. The van der Waals surface area contributed by atoms with E-state index < -0.39 is 5.60 Å². The summed E-state index contributed by atoms with van der Waals surface area (Å²) in [6.07, 6.45) is 1.59. The lowest BCUT2D eigenvalue weighted by Crippen LogP contribution is -2.34. The van der Waals surface area contributed by atoms with E-state index in [0.29, 0.717) is 36.0 Å². The van der Waals surface area contributed by atoms with Crippen LogP contribution in [0.15, 0.2) is 71.4 Å². The number of fused-ring (bicyclic) bond motifs is 1. The van der Waals surface area contributed by atoms with E-state index in [1.807, 2.05) is 49.5 Å². The lowest BCUT2D eigenvalue weighted by atomic mass is 9.97. The summed E-state index contributed by atoms with van der Waals surface area (Å²) in [4.78, 5) is 4.71. The minimum Gasteiger partial charge on any atom is -0.436 e. The highest BCUT2D eigenvalue weighted by Crippen LogP contribution is 2.34. The number of oxazole rings is 1. The lowest BCUT2D eigenvalue weighted by molar-refractivity contribution is 0.0795. The van der Waals surface area contributed by atoms with Gasteiger partial charge in [-0.15, -0.1) is 10.2 Å². The molecule has 0 aliphatic carbocycles. The molecule has 0 radical (unpaired) electrons. The van der Waals surface area contributed by atoms with Gasteiger partial charge >= 0.3 is 0 Å². The number of nitrogens with one attached hydrogen (secondary N) is 1. The minimum absolute atomic E-state index is 0.338. The van der Waals surface area contributed by atoms with Crippen molar-refractivity contribution in [2.75, 3.05) is 6.54 Å². The quantitative estimate of drug-likeness (QED) is 0.349. The number of aliphatic hydroxyl groups is 1. The summed E-state index contributed by atoms with van der Waals surface area (Å²) in [5.41, 5.74) is 4.92. The molecule has 0 bridgehead atoms. The van der Waals surface area contributed by atoms with Gasteiger partial charge in [-0.2, -0.15) is 0 Å². The Hall–Kier alpha value is -3.88. The zero-order valence-electron chi connectivity index (χ0n) is 19.8. The van der Waals surface area contributed by atoms with Gasteiger partial charge in [-0.3, -0.25) is 0 Å². The van der Waals surface area contributed by atoms with Gasteiger partial charge in [-0.05, 0) is 66.9 Å². The Bertz CT molecular complexity index is 1500. The van der Waals surface area contributed by atoms with Gasteiger partial charge in [0.05, 0.1) is 5.60 Å². The molecule has 7 nitrogen and oxygen atoms in total. The van der Waals surface area contributed by atoms with Gasteiger partial charge in [0.25, 0.3) is 0 Å². The predicted molar refractivity (Wildman–Crippen MR) is 133 cm³/mol. The molecular formula is C27H26FN5O2. The van der Waals surface area contributed by atoms with Crippen LogP contribution in [0.4, 0.5) is 4.39 Å². The van der Waals surface area contributed by atoms with Crippen LogP contribution >= 0.6 is 0 Å². The van der Waals surface area contributed by atoms with Crippen LogP contribution in [0, 0.1) is 5.82 Å². The summed E-state index contributed by atoms with van der Waals surface area (Å²) in [6.45, 7) is 4.64. The molecule has 0 aliphatic rings. The van der Waals surface area contributed by atoms with Crippen LogP contribution < -0.4 is 5.32 Å². The van der Waals surface area contributed by atoms with Crippen molar-refractivity contribution in [2.45, 2.75) is 26.0 Å². The maximum absolute atomic E-state index is 14.1. The fraction of sp³-hybridized carbons (Fsp3) is 0.222. The summed E-state index contributed by atoms with van der Waals surface area (Å²) < 4.78 is 21.9. The van der Waals surface area contributed by atoms with E-state index in [-0.39, 0.29) is 5.82 Å². The van der Waals surface area contributed by atoms with E-state index in [4.69, 9.17) is 9.40 Å². The molecule has 178 valence electrons. The van der Waals surface area contributed by atoms with Crippen molar-refractivity contribution in [3.8, 4) is 34.0 Å². The Morgan fingerprint density at radius 3 is 2.63 bits per heavy atom. The van der Waals surface area contributed by atoms with Crippen molar-refractivity contribution in [3.63, 3.8) is 0 Å². The van der Waals surface area contributed by atoms with Gasteiger partial charge in [0.2, 0.25) is 5.89 Å². The van der Waals surface area contributed by atoms with E-state index in [0.717, 1.165) is 27.8 Å². The van der Waals surface area contributed by atoms with E-state index >= 15 is 0 Å². The molecule has 0 aliphatic heterocycles. The Balaban J connectivity index is 1.47. The molecule has 3 aromatic carbocycles. The normalized spacial score (nSPS) is 11.9. The first-order chi connectivity index (χ1) is 16.8. The number of hydrogen-bond acceptors (Lipinski definition) is 6. The zero-order chi connectivity index (χ0) is 24.6. The number of aromatic nitrogens is 4. The van der Waals surface area contributed by atoms with Gasteiger partial charge < -0.3 is 19.4 Å². The van der Waals surface area contributed by atoms with Crippen molar-refractivity contribution in [3.05, 3.63) is 78.4 Å². The Kier molecular flexibility index (Phi) is 5.92. The molecule has 0 saturated carbocycles. The zero-order valence-corrected chi connectivity index (χ0v) is 19.8. The number of hydrogen-bond donors (Lipinski definition) is 2. The average Bonchev–Trinajstić information content (AvgIpc) is 3.44. The van der Waals surface area contributed by atoms with Crippen LogP contribution in [-0.2, 0) is 13.6 Å². The first kappa shape index (κ1) is 22.9. The Morgan fingerprint density at radius 1 is 1.03 bits per heavy atom. The fourth-order valence-corrected chi connectivity index (χ4v) is 4.02. The molecule has 2 aromatic heterocycles. The van der Waals surface area contributed by atoms with Crippen LogP contribution in [0.3, 0.4) is 0 Å². The van der Waals surface area contributed by atoms with Gasteiger partial charge in [0.1, 0.15) is 17.7 Å². The largest absolute Gasteiger partial charge is 0.436 e. The number of aryl methyl sites for hydroxylation is 1. The van der Waals surface area contributed by atoms with E-state index in [1.165, 1.54) is 12.1 Å². The van der Waals surface area contributed by atoms with E-state index in [1.54, 1.807) is 30.8 Å². The first-order valence-corrected chi connectivity index (χ1v) is 11.3. The third kappa shape index (κ3) is 4.99. The van der Waals surface area contributed by atoms with Crippen LogP contribution in [0.1, 0.15) is 19.4 Å². The van der Waals surface area contributed by atoms with Crippen molar-refractivity contribution < 1.29 is 13.9 Å². The summed E-state index contributed by atoms with van der Waals surface area (Å²) in [6, 6.07) is 18.3. The maximum Gasteiger partial charge on any atom is 0.227 e. The van der Waals surface area contributed by atoms with Crippen molar-refractivity contribution in [1.82, 2.24) is 25.1 Å². The molecule has 8 heteroatoms. The van der Waals surface area contributed by atoms with Crippen LogP contribution in [-0.4, -0.2) is 37.0 Å². The maximum atomic E-state index is 14.1. The molecular weight excluding hydrogens is 445 g/mol. The summed E-state index contributed by atoms with van der Waals surface area (Å²) in [5.74, 6) is 0.748. The molecule has 5 rings (SSSR count). The highest BCUT2D eigenvalue weighted by atomic mass is 19.1. The van der Waals surface area contributed by atoms with E-state index in [2.05, 4.69) is 15.5 Å². The Morgan fingerprint density at radius 2 is 1.86 bits per heavy atom. The van der Waals surface area contributed by atoms with Crippen LogP contribution in [0.5, 0.6) is 0 Å². The number of halogens is 1. The molecule has 35 heavy (non-hydrogen) atoms. The molecule has 0 unspecified atom stereocenters. The monoisotopic (exact) mass is 471 g/mol. The number of nitrogens with zero attached hydrogens (tertiary/aromatic N) is 4. The SMILES string of the molecule is Cn1cnnc1-c1cc(F)ccc1-c1cccc(-c2nc3cc(CNCC(C)(C)O)ccc3o2)c1. The first-order valence-electron chi connectivity index (χ1n) is 11.3. The van der Waals surface area contributed by atoms with Crippen LogP contribution in [0.25, 0.3) is 45.1 Å². The predicted octanol–water partition coefficient (Wildman–Crippen LogP) is 4.96. The fourth-order valence-electron chi connectivity index (χ4n) is 4.02. The second-order valence-corrected chi connectivity index (χ2v) is 9.27. The molecule has 5 aromatic rings. The third-order valence-corrected chi connectivity index (χ3v) is 5.69. The van der Waals surface area contributed by atoms with Gasteiger partial charge in [-0.25, -0.2) is 9.37 Å². The molecule has 2 heterocycles. The average molecular weight is 472 g/mol. The second kappa shape index (κ2) is 9.05. The molecule has 2 N–H and O–H groups in total. The van der Waals surface area contributed by atoms with Crippen molar-refractivity contribution >= 4 is 11.1 Å². The third-order valence-electron chi connectivity index (χ3n) is 5.69. The van der Waals surface area contributed by atoms with Gasteiger partial charge in [-0.1, -0.05) is 24.3 Å². The minimum atomic E-state index is -0.770. The molecule has 0 spiro atoms.